The molecular weight excluding hydrogens is 400 g/mol. The maximum absolute atomic E-state index is 12.2. The lowest BCUT2D eigenvalue weighted by Crippen LogP contribution is -2.42. The van der Waals surface area contributed by atoms with Gasteiger partial charge in [-0.25, -0.2) is 0 Å². The number of amides is 2. The molecule has 2 aromatic carbocycles. The third-order valence-electron chi connectivity index (χ3n) is 6.14. The molecule has 4 N–H and O–H groups in total. The van der Waals surface area contributed by atoms with Gasteiger partial charge < -0.3 is 16.4 Å². The number of hydrogen-bond donors (Lipinski definition) is 3. The Balaban J connectivity index is 0.000000193. The second kappa shape index (κ2) is 13.0. The molecule has 0 radical (unpaired) electrons. The second-order valence-electron chi connectivity index (χ2n) is 8.60. The molecule has 1 aliphatic carbocycles. The summed E-state index contributed by atoms with van der Waals surface area (Å²) in [6.07, 6.45) is 5.19. The van der Waals surface area contributed by atoms with E-state index in [1.807, 2.05) is 18.2 Å². The molecule has 32 heavy (non-hydrogen) atoms. The van der Waals surface area contributed by atoms with Crippen molar-refractivity contribution >= 4 is 11.8 Å². The Hall–Kier alpha value is -2.70. The van der Waals surface area contributed by atoms with Crippen molar-refractivity contribution < 1.29 is 9.59 Å². The zero-order valence-corrected chi connectivity index (χ0v) is 18.8. The van der Waals surface area contributed by atoms with E-state index in [9.17, 15) is 9.59 Å². The fourth-order valence-electron chi connectivity index (χ4n) is 4.30. The predicted octanol–water partition coefficient (Wildman–Crippen LogP) is 3.00. The molecule has 2 amide bonds. The van der Waals surface area contributed by atoms with Gasteiger partial charge in [0, 0.05) is 38.6 Å². The van der Waals surface area contributed by atoms with Crippen molar-refractivity contribution in [1.82, 2.24) is 15.5 Å². The monoisotopic (exact) mass is 436 g/mol. The zero-order chi connectivity index (χ0) is 22.6. The molecule has 0 spiro atoms. The molecule has 172 valence electrons. The topological polar surface area (TPSA) is 87.5 Å². The van der Waals surface area contributed by atoms with E-state index in [1.165, 1.54) is 25.1 Å². The summed E-state index contributed by atoms with van der Waals surface area (Å²) in [5, 5.41) is 6.15. The summed E-state index contributed by atoms with van der Waals surface area (Å²) in [5.41, 5.74) is 7.55. The average Bonchev–Trinajstić information content (AvgIpc) is 2.85. The van der Waals surface area contributed by atoms with Crippen molar-refractivity contribution in [2.45, 2.75) is 44.7 Å². The van der Waals surface area contributed by atoms with Gasteiger partial charge in [0.25, 0.3) is 0 Å². The van der Waals surface area contributed by atoms with E-state index in [2.05, 4.69) is 45.9 Å². The number of benzene rings is 2. The largest absolute Gasteiger partial charge is 0.368 e. The Bertz CT molecular complexity index is 816. The van der Waals surface area contributed by atoms with Crippen LogP contribution in [0.5, 0.6) is 0 Å². The van der Waals surface area contributed by atoms with Gasteiger partial charge >= 0.3 is 0 Å². The van der Waals surface area contributed by atoms with Crippen LogP contribution in [0.15, 0.2) is 60.7 Å². The number of rotatable bonds is 6. The number of nitrogens with two attached hydrogens (primary N) is 1. The fraction of sp³-hybridized carbons (Fsp3) is 0.462. The van der Waals surface area contributed by atoms with Crippen LogP contribution in [-0.4, -0.2) is 42.9 Å². The number of nitrogens with zero attached hydrogens (tertiary/aromatic N) is 1. The number of nitrogens with one attached hydrogen (secondary N) is 2. The minimum absolute atomic E-state index is 0.0271. The van der Waals surface area contributed by atoms with Gasteiger partial charge in [-0.2, -0.15) is 0 Å². The molecule has 1 heterocycles. The molecule has 2 aromatic rings. The summed E-state index contributed by atoms with van der Waals surface area (Å²) < 4.78 is 0. The molecule has 6 nitrogen and oxygen atoms in total. The van der Waals surface area contributed by atoms with E-state index < -0.39 is 11.9 Å². The Labute approximate surface area is 191 Å². The highest BCUT2D eigenvalue weighted by Crippen LogP contribution is 2.24. The van der Waals surface area contributed by atoms with Crippen molar-refractivity contribution in [2.24, 2.45) is 11.7 Å². The molecule has 6 heteroatoms. The summed E-state index contributed by atoms with van der Waals surface area (Å²) in [7, 11) is 0. The van der Waals surface area contributed by atoms with Crippen molar-refractivity contribution in [3.63, 3.8) is 0 Å². The molecule has 4 rings (SSSR count). The quantitative estimate of drug-likeness (QED) is 0.650. The summed E-state index contributed by atoms with van der Waals surface area (Å²) >= 11 is 0. The zero-order valence-electron chi connectivity index (χ0n) is 18.8. The standard InChI is InChI=1S/C15H20N2O2.C11H16N2/c16-14(18)13(11-7-3-1-4-8-11)17-15(19)12-9-5-2-6-10-12;1-2-4-11(5-3-1)10-13-8-6-12-7-9-13/h1,3-4,7-8,12-13H,2,5-6,9-10H2,(H2,16,18)(H,17,19);1-5,12H,6-10H2. The minimum atomic E-state index is -0.726. The van der Waals surface area contributed by atoms with Gasteiger partial charge in [0.2, 0.25) is 11.8 Å². The molecule has 1 saturated carbocycles. The summed E-state index contributed by atoms with van der Waals surface area (Å²) in [6.45, 7) is 5.71. The van der Waals surface area contributed by atoms with Crippen LogP contribution in [0.25, 0.3) is 0 Å². The molecule has 2 fully saturated rings. The molecule has 0 aromatic heterocycles. The maximum Gasteiger partial charge on any atom is 0.244 e. The number of piperazine rings is 1. The van der Waals surface area contributed by atoms with Crippen LogP contribution < -0.4 is 16.4 Å². The van der Waals surface area contributed by atoms with Crippen LogP contribution in [0.4, 0.5) is 0 Å². The SMILES string of the molecule is NC(=O)C(NC(=O)C1CCCCC1)c1ccccc1.c1ccc(CN2CCNCC2)cc1. The lowest BCUT2D eigenvalue weighted by Gasteiger charge is -2.27. The molecule has 1 aliphatic heterocycles. The lowest BCUT2D eigenvalue weighted by molar-refractivity contribution is -0.130. The van der Waals surface area contributed by atoms with Gasteiger partial charge in [-0.3, -0.25) is 14.5 Å². The summed E-state index contributed by atoms with van der Waals surface area (Å²) in [5.74, 6) is -0.540. The average molecular weight is 437 g/mol. The Morgan fingerprint density at radius 3 is 2.12 bits per heavy atom. The van der Waals surface area contributed by atoms with Crippen molar-refractivity contribution in [3.8, 4) is 0 Å². The fourth-order valence-corrected chi connectivity index (χ4v) is 4.30. The van der Waals surface area contributed by atoms with Gasteiger partial charge in [0.15, 0.2) is 0 Å². The number of hydrogen-bond acceptors (Lipinski definition) is 4. The highest BCUT2D eigenvalue weighted by Gasteiger charge is 2.26. The first kappa shape index (κ1) is 24.0. The first-order valence-corrected chi connectivity index (χ1v) is 11.7. The van der Waals surface area contributed by atoms with Crippen molar-refractivity contribution in [1.29, 1.82) is 0 Å². The Morgan fingerprint density at radius 1 is 0.938 bits per heavy atom. The maximum atomic E-state index is 12.2. The molecule has 2 aliphatic rings. The molecular formula is C26H36N4O2. The number of primary amides is 1. The van der Waals surface area contributed by atoms with Crippen LogP contribution in [0.3, 0.4) is 0 Å². The normalized spacial score (nSPS) is 18.1. The van der Waals surface area contributed by atoms with Gasteiger partial charge in [-0.15, -0.1) is 0 Å². The van der Waals surface area contributed by atoms with E-state index >= 15 is 0 Å². The van der Waals surface area contributed by atoms with E-state index in [4.69, 9.17) is 5.73 Å². The number of carbonyl (C=O) groups is 2. The second-order valence-corrected chi connectivity index (χ2v) is 8.60. The summed E-state index contributed by atoms with van der Waals surface area (Å²) in [4.78, 5) is 26.2. The van der Waals surface area contributed by atoms with Gasteiger partial charge in [0.1, 0.15) is 6.04 Å². The summed E-state index contributed by atoms with van der Waals surface area (Å²) in [6, 6.07) is 19.1. The van der Waals surface area contributed by atoms with Gasteiger partial charge in [-0.1, -0.05) is 79.9 Å². The van der Waals surface area contributed by atoms with E-state index in [-0.39, 0.29) is 11.8 Å². The highest BCUT2D eigenvalue weighted by molar-refractivity contribution is 5.88. The van der Waals surface area contributed by atoms with Crippen LogP contribution in [0.1, 0.15) is 49.3 Å². The Morgan fingerprint density at radius 2 is 1.53 bits per heavy atom. The van der Waals surface area contributed by atoms with Crippen molar-refractivity contribution in [3.05, 3.63) is 71.8 Å². The lowest BCUT2D eigenvalue weighted by atomic mass is 9.88. The van der Waals surface area contributed by atoms with E-state index in [0.717, 1.165) is 50.9 Å². The molecule has 0 bridgehead atoms. The van der Waals surface area contributed by atoms with Crippen LogP contribution >= 0.6 is 0 Å². The van der Waals surface area contributed by atoms with Gasteiger partial charge in [-0.05, 0) is 24.0 Å². The van der Waals surface area contributed by atoms with Crippen LogP contribution in [0.2, 0.25) is 0 Å². The van der Waals surface area contributed by atoms with Crippen molar-refractivity contribution in [2.75, 3.05) is 26.2 Å². The Kier molecular flexibility index (Phi) is 9.72. The highest BCUT2D eigenvalue weighted by atomic mass is 16.2. The third kappa shape index (κ3) is 7.77. The third-order valence-corrected chi connectivity index (χ3v) is 6.14. The molecule has 1 atom stereocenters. The molecule has 1 unspecified atom stereocenters. The van der Waals surface area contributed by atoms with Crippen LogP contribution in [0, 0.1) is 5.92 Å². The van der Waals surface area contributed by atoms with Crippen LogP contribution in [-0.2, 0) is 16.1 Å². The number of carbonyl (C=O) groups excluding carboxylic acids is 2. The first-order valence-electron chi connectivity index (χ1n) is 11.7. The smallest absolute Gasteiger partial charge is 0.244 e. The minimum Gasteiger partial charge on any atom is -0.368 e. The predicted molar refractivity (Wildman–Crippen MR) is 128 cm³/mol. The van der Waals surface area contributed by atoms with E-state index in [1.54, 1.807) is 12.1 Å². The van der Waals surface area contributed by atoms with Gasteiger partial charge in [0.05, 0.1) is 0 Å². The van der Waals surface area contributed by atoms with E-state index in [0.29, 0.717) is 0 Å². The first-order chi connectivity index (χ1) is 15.6. The molecule has 1 saturated heterocycles.